The predicted molar refractivity (Wildman–Crippen MR) is 89.6 cm³/mol. The number of halogens is 1. The minimum atomic E-state index is 0.118. The molecule has 0 saturated carbocycles. The Labute approximate surface area is 146 Å². The summed E-state index contributed by atoms with van der Waals surface area (Å²) in [7, 11) is 4.33. The molecule has 0 N–H and O–H groups in total. The van der Waals surface area contributed by atoms with Crippen molar-refractivity contribution in [1.29, 1.82) is 0 Å². The van der Waals surface area contributed by atoms with E-state index in [4.69, 9.17) is 4.98 Å². The normalized spacial score (nSPS) is 24.4. The summed E-state index contributed by atoms with van der Waals surface area (Å²) in [6.45, 7) is 8.83. The van der Waals surface area contributed by atoms with E-state index in [2.05, 4.69) is 60.1 Å². The molecule has 0 radical (unpaired) electrons. The number of nitrogens with zero attached hydrogens (tertiary/aromatic N) is 5. The topological polar surface area (TPSA) is 69.3 Å². The summed E-state index contributed by atoms with van der Waals surface area (Å²) in [4.78, 5) is 4.70. The first-order valence-electron chi connectivity index (χ1n) is 7.46. The first kappa shape index (κ1) is 19.8. The molecule has 1 aliphatic heterocycles. The van der Waals surface area contributed by atoms with Crippen molar-refractivity contribution in [2.24, 2.45) is 0 Å². The van der Waals surface area contributed by atoms with Crippen molar-refractivity contribution < 1.29 is 14.8 Å². The van der Waals surface area contributed by atoms with E-state index in [1.165, 1.54) is 0 Å². The van der Waals surface area contributed by atoms with Crippen molar-refractivity contribution in [3.8, 4) is 0 Å². The van der Waals surface area contributed by atoms with Crippen LogP contribution in [0.3, 0.4) is 0 Å². The average molecular weight is 368 g/mol. The molecule has 0 fully saturated rings. The second kappa shape index (κ2) is 12.2. The number of fused-ring (bicyclic) bond motifs is 2. The quantitative estimate of drug-likeness (QED) is 0.670. The zero-order valence-electron chi connectivity index (χ0n) is 13.1. The van der Waals surface area contributed by atoms with Gasteiger partial charge in [-0.05, 0) is 12.1 Å². The molecule has 2 unspecified atom stereocenters. The monoisotopic (exact) mass is 367 g/mol. The molecule has 1 aliphatic rings. The second-order valence-electron chi connectivity index (χ2n) is 4.99. The van der Waals surface area contributed by atoms with Gasteiger partial charge in [-0.3, -0.25) is 4.98 Å². The van der Waals surface area contributed by atoms with Gasteiger partial charge in [-0.15, -0.1) is 0 Å². The molecule has 7 heteroatoms. The van der Waals surface area contributed by atoms with Gasteiger partial charge >= 0.3 is 25.0 Å². The summed E-state index contributed by atoms with van der Waals surface area (Å²) in [5, 5.41) is 18.1. The Morgan fingerprint density at radius 2 is 1.27 bits per heavy atom. The molecule has 5 nitrogen and oxygen atoms in total. The minimum absolute atomic E-state index is 0.118. The van der Waals surface area contributed by atoms with Gasteiger partial charge < -0.3 is 21.3 Å². The van der Waals surface area contributed by atoms with Gasteiger partial charge in [0.2, 0.25) is 0 Å². The van der Waals surface area contributed by atoms with Gasteiger partial charge in [-0.1, -0.05) is 32.0 Å². The first-order valence-corrected chi connectivity index (χ1v) is 8.90. The molecule has 2 atom stereocenters. The molecule has 1 aromatic rings. The molecule has 0 aliphatic carbocycles. The van der Waals surface area contributed by atoms with E-state index in [1.54, 1.807) is 0 Å². The van der Waals surface area contributed by atoms with Crippen molar-refractivity contribution >= 4 is 10.1 Å². The summed E-state index contributed by atoms with van der Waals surface area (Å²) in [6, 6.07) is 6.35. The van der Waals surface area contributed by atoms with Crippen LogP contribution in [0.4, 0.5) is 0 Å². The Kier molecular flexibility index (Phi) is 11.0. The molecular weight excluding hydrogens is 345 g/mol. The van der Waals surface area contributed by atoms with E-state index in [1.807, 2.05) is 18.2 Å². The summed E-state index contributed by atoms with van der Waals surface area (Å²) >= 11 is 3.03. The van der Waals surface area contributed by atoms with Gasteiger partial charge in [0.1, 0.15) is 0 Å². The van der Waals surface area contributed by atoms with Crippen LogP contribution in [0.15, 0.2) is 18.2 Å². The SMILES string of the molecule is CC1[N-]CC[N-]CC[N-]CC[N-]C(C)c2cccc1n2.[Cl][Co+2]. The molecule has 0 aromatic carbocycles. The number of pyridine rings is 1. The van der Waals surface area contributed by atoms with E-state index in [-0.39, 0.29) is 12.1 Å². The predicted octanol–water partition coefficient (Wildman–Crippen LogP) is 4.40. The van der Waals surface area contributed by atoms with Crippen molar-refractivity contribution in [3.63, 3.8) is 0 Å². The maximum atomic E-state index is 4.70. The van der Waals surface area contributed by atoms with Crippen molar-refractivity contribution in [2.45, 2.75) is 25.9 Å². The van der Waals surface area contributed by atoms with Gasteiger partial charge in [0, 0.05) is 11.4 Å². The van der Waals surface area contributed by atoms with E-state index in [0.717, 1.165) is 50.7 Å². The molecule has 22 heavy (non-hydrogen) atoms. The molecule has 2 heterocycles. The Hall–Kier alpha value is -0.214. The average Bonchev–Trinajstić information content (AvgIpc) is 2.57. The van der Waals surface area contributed by atoms with Gasteiger partial charge in [0.05, 0.1) is 0 Å². The summed E-state index contributed by atoms with van der Waals surface area (Å²) < 4.78 is 0. The van der Waals surface area contributed by atoms with Gasteiger partial charge in [0.25, 0.3) is 0 Å². The van der Waals surface area contributed by atoms with E-state index in [9.17, 15) is 0 Å². The summed E-state index contributed by atoms with van der Waals surface area (Å²) in [5.41, 5.74) is 2.04. The molecule has 0 saturated heterocycles. The van der Waals surface area contributed by atoms with Crippen LogP contribution in [0.1, 0.15) is 37.3 Å². The number of rotatable bonds is 0. The van der Waals surface area contributed by atoms with Crippen LogP contribution >= 0.6 is 10.1 Å². The van der Waals surface area contributed by atoms with Crippen LogP contribution in [0.2, 0.25) is 0 Å². The van der Waals surface area contributed by atoms with Gasteiger partial charge in [0.15, 0.2) is 0 Å². The second-order valence-corrected chi connectivity index (χ2v) is 4.99. The standard InChI is InChI=1S/C15H23N5.ClH.Co/c1-12-14-4-3-5-15(20-14)13(2)19-11-9-17-7-6-16-8-10-18-12;;/h3-5,12-13H,6-11H2,1-2H3;1H;/q-4;;+3/p-1. The zero-order chi connectivity index (χ0) is 16.2. The van der Waals surface area contributed by atoms with E-state index >= 15 is 0 Å². The Morgan fingerprint density at radius 3 is 1.73 bits per heavy atom. The molecular formula is C15H23ClCoN5-2. The van der Waals surface area contributed by atoms with Crippen LogP contribution in [0.5, 0.6) is 0 Å². The molecule has 1 aromatic heterocycles. The fourth-order valence-corrected chi connectivity index (χ4v) is 2.13. The number of hydrogen-bond donors (Lipinski definition) is 0. The summed E-state index contributed by atoms with van der Waals surface area (Å²) in [6.07, 6.45) is 0. The third-order valence-corrected chi connectivity index (χ3v) is 3.39. The fourth-order valence-electron chi connectivity index (χ4n) is 2.13. The van der Waals surface area contributed by atoms with Gasteiger partial charge in [-0.2, -0.15) is 39.3 Å². The van der Waals surface area contributed by atoms with Crippen LogP contribution in [0.25, 0.3) is 21.3 Å². The Bertz CT molecular complexity index is 374. The van der Waals surface area contributed by atoms with Crippen LogP contribution in [-0.2, 0) is 14.8 Å². The summed E-state index contributed by atoms with van der Waals surface area (Å²) in [5.74, 6) is 0. The Balaban J connectivity index is 0.00000116. The molecule has 2 rings (SSSR count). The van der Waals surface area contributed by atoms with Crippen molar-refractivity contribution in [2.75, 3.05) is 39.3 Å². The maximum absolute atomic E-state index is 4.70. The Morgan fingerprint density at radius 1 is 0.864 bits per heavy atom. The zero-order valence-corrected chi connectivity index (χ0v) is 14.9. The molecule has 2 bridgehead atoms. The van der Waals surface area contributed by atoms with Crippen molar-refractivity contribution in [1.82, 2.24) is 4.98 Å². The number of aromatic nitrogens is 1. The first-order chi connectivity index (χ1) is 10.8. The van der Waals surface area contributed by atoms with E-state index < -0.39 is 0 Å². The molecule has 126 valence electrons. The number of hydrogen-bond acceptors (Lipinski definition) is 1. The molecule has 0 spiro atoms. The van der Waals surface area contributed by atoms with Crippen LogP contribution < -0.4 is 0 Å². The third-order valence-electron chi connectivity index (χ3n) is 3.39. The van der Waals surface area contributed by atoms with Crippen LogP contribution in [0, 0.1) is 0 Å². The van der Waals surface area contributed by atoms with Gasteiger partial charge in [-0.25, -0.2) is 0 Å². The van der Waals surface area contributed by atoms with Crippen molar-refractivity contribution in [3.05, 3.63) is 50.9 Å². The van der Waals surface area contributed by atoms with E-state index in [0.29, 0.717) is 0 Å². The third kappa shape index (κ3) is 7.37. The fraction of sp³-hybridized carbons (Fsp3) is 0.667. The molecule has 0 amide bonds. The van der Waals surface area contributed by atoms with Crippen LogP contribution in [-0.4, -0.2) is 44.3 Å².